The van der Waals surface area contributed by atoms with Crippen LogP contribution in [0.15, 0.2) is 40.9 Å². The number of hydrogen-bond donors (Lipinski definition) is 1. The van der Waals surface area contributed by atoms with Gasteiger partial charge in [-0.25, -0.2) is 0 Å². The standard InChI is InChI=1S/C16H19N3O3/c20-11-10-18-6-8-19(9-7-18)16(21)15-12-14(17-22-15)13-4-2-1-3-5-13/h1-5,12,20H,6-11H2. The Labute approximate surface area is 128 Å². The summed E-state index contributed by atoms with van der Waals surface area (Å²) in [4.78, 5) is 16.3. The molecule has 1 fully saturated rings. The Hall–Kier alpha value is -2.18. The van der Waals surface area contributed by atoms with Crippen LogP contribution in [0.25, 0.3) is 11.3 Å². The summed E-state index contributed by atoms with van der Waals surface area (Å²) >= 11 is 0. The van der Waals surface area contributed by atoms with Gasteiger partial charge in [-0.05, 0) is 0 Å². The summed E-state index contributed by atoms with van der Waals surface area (Å²) in [5.74, 6) is 0.146. The third kappa shape index (κ3) is 3.18. The van der Waals surface area contributed by atoms with Crippen molar-refractivity contribution in [1.29, 1.82) is 0 Å². The molecule has 22 heavy (non-hydrogen) atoms. The molecule has 116 valence electrons. The summed E-state index contributed by atoms with van der Waals surface area (Å²) in [5, 5.41) is 12.9. The molecule has 6 heteroatoms. The number of benzene rings is 1. The molecule has 0 spiro atoms. The molecule has 1 aromatic carbocycles. The summed E-state index contributed by atoms with van der Waals surface area (Å²) in [6, 6.07) is 11.3. The zero-order valence-corrected chi connectivity index (χ0v) is 12.3. The van der Waals surface area contributed by atoms with E-state index in [1.54, 1.807) is 11.0 Å². The molecule has 1 aliphatic heterocycles. The van der Waals surface area contributed by atoms with Gasteiger partial charge in [0.25, 0.3) is 5.91 Å². The highest BCUT2D eigenvalue weighted by Crippen LogP contribution is 2.19. The lowest BCUT2D eigenvalue weighted by Gasteiger charge is -2.33. The highest BCUT2D eigenvalue weighted by molar-refractivity contribution is 5.92. The Morgan fingerprint density at radius 1 is 1.18 bits per heavy atom. The molecule has 0 unspecified atom stereocenters. The molecule has 1 saturated heterocycles. The second kappa shape index (κ2) is 6.72. The number of carbonyl (C=O) groups is 1. The van der Waals surface area contributed by atoms with E-state index in [0.717, 1.165) is 18.7 Å². The Balaban J connectivity index is 1.65. The smallest absolute Gasteiger partial charge is 0.292 e. The number of aromatic nitrogens is 1. The fraction of sp³-hybridized carbons (Fsp3) is 0.375. The van der Waals surface area contributed by atoms with Crippen LogP contribution < -0.4 is 0 Å². The molecule has 1 amide bonds. The van der Waals surface area contributed by atoms with Crippen molar-refractivity contribution in [3.05, 3.63) is 42.2 Å². The predicted molar refractivity (Wildman–Crippen MR) is 81.4 cm³/mol. The van der Waals surface area contributed by atoms with Gasteiger partial charge in [0.1, 0.15) is 5.69 Å². The van der Waals surface area contributed by atoms with E-state index < -0.39 is 0 Å². The molecule has 0 saturated carbocycles. The normalized spacial score (nSPS) is 16.0. The maximum absolute atomic E-state index is 12.4. The number of aliphatic hydroxyl groups excluding tert-OH is 1. The van der Waals surface area contributed by atoms with Gasteiger partial charge in [-0.15, -0.1) is 0 Å². The first-order valence-electron chi connectivity index (χ1n) is 7.42. The number of β-amino-alcohol motifs (C(OH)–C–C–N with tert-alkyl or cyclic N) is 1. The van der Waals surface area contributed by atoms with E-state index in [4.69, 9.17) is 9.63 Å². The van der Waals surface area contributed by atoms with Crippen LogP contribution in [-0.4, -0.2) is 65.3 Å². The second-order valence-electron chi connectivity index (χ2n) is 5.30. The van der Waals surface area contributed by atoms with Crippen LogP contribution >= 0.6 is 0 Å². The Kier molecular flexibility index (Phi) is 4.50. The first kappa shape index (κ1) is 14.7. The molecule has 2 heterocycles. The largest absolute Gasteiger partial charge is 0.395 e. The topological polar surface area (TPSA) is 69.8 Å². The summed E-state index contributed by atoms with van der Waals surface area (Å²) in [6.45, 7) is 3.62. The third-order valence-electron chi connectivity index (χ3n) is 3.87. The van der Waals surface area contributed by atoms with Crippen LogP contribution in [0.1, 0.15) is 10.6 Å². The number of amides is 1. The Morgan fingerprint density at radius 3 is 2.59 bits per heavy atom. The molecule has 0 aliphatic carbocycles. The van der Waals surface area contributed by atoms with E-state index >= 15 is 0 Å². The number of hydrogen-bond acceptors (Lipinski definition) is 5. The van der Waals surface area contributed by atoms with Gasteiger partial charge in [-0.2, -0.15) is 0 Å². The van der Waals surface area contributed by atoms with Gasteiger partial charge in [0, 0.05) is 44.4 Å². The van der Waals surface area contributed by atoms with Gasteiger partial charge in [0.2, 0.25) is 5.76 Å². The molecular formula is C16H19N3O3. The van der Waals surface area contributed by atoms with Crippen LogP contribution in [0.5, 0.6) is 0 Å². The van der Waals surface area contributed by atoms with Crippen molar-refractivity contribution in [2.24, 2.45) is 0 Å². The first-order valence-corrected chi connectivity index (χ1v) is 7.42. The maximum Gasteiger partial charge on any atom is 0.292 e. The van der Waals surface area contributed by atoms with Crippen molar-refractivity contribution in [1.82, 2.24) is 15.0 Å². The molecular weight excluding hydrogens is 282 g/mol. The van der Waals surface area contributed by atoms with Crippen LogP contribution in [-0.2, 0) is 0 Å². The van der Waals surface area contributed by atoms with Gasteiger partial charge in [0.05, 0.1) is 6.61 Å². The maximum atomic E-state index is 12.4. The fourth-order valence-electron chi connectivity index (χ4n) is 2.59. The summed E-state index contributed by atoms with van der Waals surface area (Å²) < 4.78 is 5.21. The minimum absolute atomic E-state index is 0.127. The van der Waals surface area contributed by atoms with Crippen LogP contribution in [0.2, 0.25) is 0 Å². The molecule has 6 nitrogen and oxygen atoms in total. The lowest BCUT2D eigenvalue weighted by Crippen LogP contribution is -2.49. The van der Waals surface area contributed by atoms with E-state index in [-0.39, 0.29) is 18.3 Å². The van der Waals surface area contributed by atoms with Crippen molar-refractivity contribution in [2.45, 2.75) is 0 Å². The molecule has 2 aromatic rings. The molecule has 1 N–H and O–H groups in total. The van der Waals surface area contributed by atoms with Crippen molar-refractivity contribution in [2.75, 3.05) is 39.3 Å². The van der Waals surface area contributed by atoms with E-state index in [1.165, 1.54) is 0 Å². The average molecular weight is 301 g/mol. The molecule has 0 radical (unpaired) electrons. The van der Waals surface area contributed by atoms with Gasteiger partial charge >= 0.3 is 0 Å². The van der Waals surface area contributed by atoms with Crippen LogP contribution in [0, 0.1) is 0 Å². The number of nitrogens with zero attached hydrogens (tertiary/aromatic N) is 3. The Morgan fingerprint density at radius 2 is 1.91 bits per heavy atom. The number of piperazine rings is 1. The molecule has 0 atom stereocenters. The summed E-state index contributed by atoms with van der Waals surface area (Å²) in [5.41, 5.74) is 1.60. The lowest BCUT2D eigenvalue weighted by molar-refractivity contribution is 0.0576. The van der Waals surface area contributed by atoms with Gasteiger partial charge in [-0.1, -0.05) is 35.5 Å². The van der Waals surface area contributed by atoms with Gasteiger partial charge in [0.15, 0.2) is 0 Å². The van der Waals surface area contributed by atoms with Crippen molar-refractivity contribution in [3.8, 4) is 11.3 Å². The quantitative estimate of drug-likeness (QED) is 0.915. The Bertz CT molecular complexity index is 619. The monoisotopic (exact) mass is 301 g/mol. The zero-order valence-electron chi connectivity index (χ0n) is 12.3. The van der Waals surface area contributed by atoms with Crippen LogP contribution in [0.3, 0.4) is 0 Å². The highest BCUT2D eigenvalue weighted by atomic mass is 16.5. The minimum Gasteiger partial charge on any atom is -0.395 e. The minimum atomic E-state index is -0.127. The molecule has 1 aromatic heterocycles. The van der Waals surface area contributed by atoms with Gasteiger partial charge in [-0.3, -0.25) is 9.69 Å². The van der Waals surface area contributed by atoms with E-state index in [1.807, 2.05) is 30.3 Å². The van der Waals surface area contributed by atoms with E-state index in [9.17, 15) is 4.79 Å². The highest BCUT2D eigenvalue weighted by Gasteiger charge is 2.24. The summed E-state index contributed by atoms with van der Waals surface area (Å²) in [6.07, 6.45) is 0. The lowest BCUT2D eigenvalue weighted by atomic mass is 10.1. The first-order chi connectivity index (χ1) is 10.8. The van der Waals surface area contributed by atoms with E-state index in [2.05, 4.69) is 10.1 Å². The molecule has 1 aliphatic rings. The zero-order chi connectivity index (χ0) is 15.4. The van der Waals surface area contributed by atoms with E-state index in [0.29, 0.717) is 25.3 Å². The average Bonchev–Trinajstić information content (AvgIpc) is 3.06. The number of aliphatic hydroxyl groups is 1. The van der Waals surface area contributed by atoms with Gasteiger partial charge < -0.3 is 14.5 Å². The van der Waals surface area contributed by atoms with Crippen molar-refractivity contribution < 1.29 is 14.4 Å². The number of carbonyl (C=O) groups excluding carboxylic acids is 1. The molecule has 3 rings (SSSR count). The molecule has 0 bridgehead atoms. The predicted octanol–water partition coefficient (Wildman–Crippen LogP) is 1.09. The second-order valence-corrected chi connectivity index (χ2v) is 5.30. The number of rotatable bonds is 4. The SMILES string of the molecule is O=C(c1cc(-c2ccccc2)no1)N1CCN(CCO)CC1. The fourth-order valence-corrected chi connectivity index (χ4v) is 2.59. The third-order valence-corrected chi connectivity index (χ3v) is 3.87. The van der Waals surface area contributed by atoms with Crippen LogP contribution in [0.4, 0.5) is 0 Å². The van der Waals surface area contributed by atoms with Crippen molar-refractivity contribution >= 4 is 5.91 Å². The van der Waals surface area contributed by atoms with Crippen molar-refractivity contribution in [3.63, 3.8) is 0 Å². The summed E-state index contributed by atoms with van der Waals surface area (Å²) in [7, 11) is 0.